The van der Waals surface area contributed by atoms with E-state index in [0.717, 1.165) is 58.7 Å². The van der Waals surface area contributed by atoms with E-state index in [1.165, 1.54) is 19.3 Å². The Morgan fingerprint density at radius 2 is 1.65 bits per heavy atom. The van der Waals surface area contributed by atoms with Crippen molar-refractivity contribution in [2.75, 3.05) is 45.8 Å². The van der Waals surface area contributed by atoms with Crippen molar-refractivity contribution in [2.45, 2.75) is 71.9 Å². The third kappa shape index (κ3) is 8.01. The fourth-order valence-corrected chi connectivity index (χ4v) is 3.85. The van der Waals surface area contributed by atoms with Crippen LogP contribution in [0.5, 0.6) is 0 Å². The monoisotopic (exact) mass is 389 g/mol. The van der Waals surface area contributed by atoms with Gasteiger partial charge in [0.25, 0.3) is 0 Å². The maximum atomic E-state index is 12.3. The van der Waals surface area contributed by atoms with Crippen LogP contribution in [0, 0.1) is 5.92 Å². The van der Waals surface area contributed by atoms with Crippen molar-refractivity contribution >= 4 is 18.5 Å². The zero-order valence-corrected chi connectivity index (χ0v) is 18.1. The highest BCUT2D eigenvalue weighted by atomic mass is 35.5. The molecule has 0 unspecified atom stereocenters. The SMILES string of the molecule is CC(C)CN(CCN1CCN(C(=O)OC2CCCCC2)CC1)C(C)C.Cl. The quantitative estimate of drug-likeness (QED) is 0.662. The third-order valence-electron chi connectivity index (χ3n) is 5.48. The molecule has 1 saturated heterocycles. The molecule has 0 bridgehead atoms. The first-order valence-electron chi connectivity index (χ1n) is 10.4. The van der Waals surface area contributed by atoms with Crippen molar-refractivity contribution in [1.82, 2.24) is 14.7 Å². The molecule has 0 atom stereocenters. The van der Waals surface area contributed by atoms with Crippen molar-refractivity contribution in [3.05, 3.63) is 0 Å². The van der Waals surface area contributed by atoms with E-state index in [4.69, 9.17) is 4.74 Å². The molecule has 1 aliphatic heterocycles. The van der Waals surface area contributed by atoms with Gasteiger partial charge in [-0.1, -0.05) is 20.3 Å². The summed E-state index contributed by atoms with van der Waals surface area (Å²) in [6.07, 6.45) is 5.86. The molecule has 1 heterocycles. The maximum absolute atomic E-state index is 12.3. The number of hydrogen-bond acceptors (Lipinski definition) is 4. The van der Waals surface area contributed by atoms with Crippen LogP contribution < -0.4 is 0 Å². The van der Waals surface area contributed by atoms with E-state index in [9.17, 15) is 4.79 Å². The molecule has 0 aromatic rings. The molecule has 1 amide bonds. The minimum absolute atomic E-state index is 0. The summed E-state index contributed by atoms with van der Waals surface area (Å²) in [6.45, 7) is 16.0. The van der Waals surface area contributed by atoms with Gasteiger partial charge in [-0.25, -0.2) is 4.79 Å². The minimum atomic E-state index is -0.0878. The van der Waals surface area contributed by atoms with Gasteiger partial charge in [0.15, 0.2) is 0 Å². The van der Waals surface area contributed by atoms with Gasteiger partial charge in [0.2, 0.25) is 0 Å². The summed E-state index contributed by atoms with van der Waals surface area (Å²) in [5, 5.41) is 0. The average molecular weight is 390 g/mol. The van der Waals surface area contributed by atoms with Crippen molar-refractivity contribution in [2.24, 2.45) is 5.92 Å². The van der Waals surface area contributed by atoms with E-state index in [1.54, 1.807) is 0 Å². The van der Waals surface area contributed by atoms with E-state index < -0.39 is 0 Å². The minimum Gasteiger partial charge on any atom is -0.446 e. The molecule has 1 aliphatic carbocycles. The first kappa shape index (κ1) is 23.5. The van der Waals surface area contributed by atoms with Crippen LogP contribution in [0.4, 0.5) is 4.79 Å². The third-order valence-corrected chi connectivity index (χ3v) is 5.48. The van der Waals surface area contributed by atoms with Gasteiger partial charge in [-0.05, 0) is 45.4 Å². The summed E-state index contributed by atoms with van der Waals surface area (Å²) in [7, 11) is 0. The summed E-state index contributed by atoms with van der Waals surface area (Å²) in [5.74, 6) is 0.703. The number of rotatable bonds is 7. The second kappa shape index (κ2) is 12.0. The van der Waals surface area contributed by atoms with Gasteiger partial charge < -0.3 is 9.64 Å². The van der Waals surface area contributed by atoms with Crippen LogP contribution in [0.25, 0.3) is 0 Å². The predicted octanol–water partition coefficient (Wildman–Crippen LogP) is 3.86. The summed E-state index contributed by atoms with van der Waals surface area (Å²) in [6, 6.07) is 0.592. The number of carbonyl (C=O) groups is 1. The van der Waals surface area contributed by atoms with E-state index >= 15 is 0 Å². The predicted molar refractivity (Wildman–Crippen MR) is 110 cm³/mol. The highest BCUT2D eigenvalue weighted by Crippen LogP contribution is 2.21. The van der Waals surface area contributed by atoms with Crippen LogP contribution in [0.3, 0.4) is 0 Å². The average Bonchev–Trinajstić information content (AvgIpc) is 2.59. The lowest BCUT2D eigenvalue weighted by Gasteiger charge is -2.37. The summed E-state index contributed by atoms with van der Waals surface area (Å²) >= 11 is 0. The number of halogens is 1. The molecule has 6 heteroatoms. The number of carbonyl (C=O) groups excluding carboxylic acids is 1. The number of amides is 1. The van der Waals surface area contributed by atoms with E-state index in [0.29, 0.717) is 12.0 Å². The van der Waals surface area contributed by atoms with Crippen molar-refractivity contribution in [3.8, 4) is 0 Å². The lowest BCUT2D eigenvalue weighted by atomic mass is 9.98. The molecule has 26 heavy (non-hydrogen) atoms. The molecular formula is C20H40ClN3O2. The van der Waals surface area contributed by atoms with Crippen LogP contribution >= 0.6 is 12.4 Å². The highest BCUT2D eigenvalue weighted by Gasteiger charge is 2.25. The molecule has 0 aromatic carbocycles. The van der Waals surface area contributed by atoms with Crippen LogP contribution in [-0.4, -0.2) is 78.8 Å². The van der Waals surface area contributed by atoms with Gasteiger partial charge in [0.1, 0.15) is 6.10 Å². The molecule has 0 aromatic heterocycles. The lowest BCUT2D eigenvalue weighted by Crippen LogP contribution is -2.51. The van der Waals surface area contributed by atoms with Gasteiger partial charge in [-0.3, -0.25) is 9.80 Å². The fourth-order valence-electron chi connectivity index (χ4n) is 3.85. The number of nitrogens with zero attached hydrogens (tertiary/aromatic N) is 3. The molecule has 5 nitrogen and oxygen atoms in total. The first-order chi connectivity index (χ1) is 12.0. The van der Waals surface area contributed by atoms with Gasteiger partial charge in [-0.2, -0.15) is 0 Å². The smallest absolute Gasteiger partial charge is 0.410 e. The lowest BCUT2D eigenvalue weighted by molar-refractivity contribution is 0.0313. The van der Waals surface area contributed by atoms with Crippen LogP contribution in [0.15, 0.2) is 0 Å². The Morgan fingerprint density at radius 1 is 1.04 bits per heavy atom. The Kier molecular flexibility index (Phi) is 10.9. The zero-order chi connectivity index (χ0) is 18.2. The topological polar surface area (TPSA) is 36.0 Å². The summed E-state index contributed by atoms with van der Waals surface area (Å²) in [4.78, 5) is 19.3. The van der Waals surface area contributed by atoms with E-state index in [2.05, 4.69) is 37.5 Å². The van der Waals surface area contributed by atoms with Gasteiger partial charge in [-0.15, -0.1) is 12.4 Å². The molecule has 0 N–H and O–H groups in total. The Balaban J connectivity index is 0.00000338. The van der Waals surface area contributed by atoms with Crippen LogP contribution in [-0.2, 0) is 4.74 Å². The van der Waals surface area contributed by atoms with Gasteiger partial charge in [0.05, 0.1) is 0 Å². The largest absolute Gasteiger partial charge is 0.446 e. The molecule has 154 valence electrons. The normalized spacial score (nSPS) is 19.9. The summed E-state index contributed by atoms with van der Waals surface area (Å²) < 4.78 is 5.70. The number of ether oxygens (including phenoxy) is 1. The van der Waals surface area contributed by atoms with Crippen molar-refractivity contribution in [1.29, 1.82) is 0 Å². The number of hydrogen-bond donors (Lipinski definition) is 0. The molecule has 1 saturated carbocycles. The second-order valence-electron chi connectivity index (χ2n) is 8.45. The maximum Gasteiger partial charge on any atom is 0.410 e. The standard InChI is InChI=1S/C20H39N3O2.ClH/c1-17(2)16-23(18(3)4)15-12-21-10-13-22(14-11-21)20(24)25-19-8-6-5-7-9-19;/h17-19H,5-16H2,1-4H3;1H. The fraction of sp³-hybridized carbons (Fsp3) is 0.950. The molecule has 2 rings (SSSR count). The highest BCUT2D eigenvalue weighted by molar-refractivity contribution is 5.85. The van der Waals surface area contributed by atoms with Crippen LogP contribution in [0.2, 0.25) is 0 Å². The summed E-state index contributed by atoms with van der Waals surface area (Å²) in [5.41, 5.74) is 0. The molecule has 2 fully saturated rings. The van der Waals surface area contributed by atoms with Crippen molar-refractivity contribution in [3.63, 3.8) is 0 Å². The van der Waals surface area contributed by atoms with Gasteiger partial charge >= 0.3 is 6.09 Å². The Morgan fingerprint density at radius 3 is 2.19 bits per heavy atom. The van der Waals surface area contributed by atoms with E-state index in [1.807, 2.05) is 4.90 Å². The van der Waals surface area contributed by atoms with Crippen molar-refractivity contribution < 1.29 is 9.53 Å². The number of piperazine rings is 1. The Bertz CT molecular complexity index is 393. The Labute approximate surface area is 166 Å². The Hall–Kier alpha value is -0.520. The molecule has 0 spiro atoms. The van der Waals surface area contributed by atoms with Crippen LogP contribution in [0.1, 0.15) is 59.8 Å². The molecule has 0 radical (unpaired) electrons. The molecular weight excluding hydrogens is 350 g/mol. The van der Waals surface area contributed by atoms with E-state index in [-0.39, 0.29) is 24.6 Å². The zero-order valence-electron chi connectivity index (χ0n) is 17.3. The second-order valence-corrected chi connectivity index (χ2v) is 8.45. The molecule has 2 aliphatic rings. The first-order valence-corrected chi connectivity index (χ1v) is 10.4. The van der Waals surface area contributed by atoms with Gasteiger partial charge in [0, 0.05) is 51.9 Å².